The van der Waals surface area contributed by atoms with Gasteiger partial charge in [-0.25, -0.2) is 14.4 Å². The molecule has 2 heterocycles. The lowest BCUT2D eigenvalue weighted by Gasteiger charge is -2.08. The van der Waals surface area contributed by atoms with Crippen LogP contribution in [0.5, 0.6) is 0 Å². The van der Waals surface area contributed by atoms with Crippen molar-refractivity contribution in [3.63, 3.8) is 0 Å². The Morgan fingerprint density at radius 3 is 2.74 bits per heavy atom. The van der Waals surface area contributed by atoms with Crippen LogP contribution in [0, 0.1) is 5.82 Å². The number of nitrogens with two attached hydrogens (primary N) is 1. The number of halogens is 1. The lowest BCUT2D eigenvalue weighted by molar-refractivity contribution is 0.628. The van der Waals surface area contributed by atoms with Gasteiger partial charge in [-0.05, 0) is 24.3 Å². The largest absolute Gasteiger partial charge is 0.384 e. The minimum atomic E-state index is -0.277. The molecule has 1 aromatic carbocycles. The second-order valence-corrected chi connectivity index (χ2v) is 4.10. The number of hydrogen-bond acceptors (Lipinski definition) is 3. The molecule has 0 spiro atoms. The Balaban J connectivity index is 2.10. The molecular formula is C14H11FN4. The maximum Gasteiger partial charge on any atom is 0.123 e. The van der Waals surface area contributed by atoms with Gasteiger partial charge in [0.15, 0.2) is 0 Å². The zero-order chi connectivity index (χ0) is 13.2. The van der Waals surface area contributed by atoms with Gasteiger partial charge in [-0.3, -0.25) is 4.57 Å². The van der Waals surface area contributed by atoms with E-state index in [1.165, 1.54) is 12.1 Å². The summed E-state index contributed by atoms with van der Waals surface area (Å²) in [4.78, 5) is 8.15. The third-order valence-corrected chi connectivity index (χ3v) is 2.81. The molecule has 3 aromatic rings. The number of nitrogens with zero attached hydrogens (tertiary/aromatic N) is 3. The molecule has 0 aliphatic rings. The van der Waals surface area contributed by atoms with E-state index in [1.54, 1.807) is 30.9 Å². The van der Waals surface area contributed by atoms with E-state index in [9.17, 15) is 4.39 Å². The van der Waals surface area contributed by atoms with Crippen LogP contribution in [-0.2, 0) is 0 Å². The van der Waals surface area contributed by atoms with E-state index in [0.717, 1.165) is 16.9 Å². The average molecular weight is 254 g/mol. The quantitative estimate of drug-likeness (QED) is 0.764. The van der Waals surface area contributed by atoms with Crippen molar-refractivity contribution in [3.05, 3.63) is 60.9 Å². The molecular weight excluding hydrogens is 243 g/mol. The van der Waals surface area contributed by atoms with Crippen LogP contribution in [-0.4, -0.2) is 14.5 Å². The van der Waals surface area contributed by atoms with Crippen LogP contribution in [0.1, 0.15) is 0 Å². The molecule has 4 nitrogen and oxygen atoms in total. The summed E-state index contributed by atoms with van der Waals surface area (Å²) >= 11 is 0. The fourth-order valence-corrected chi connectivity index (χ4v) is 1.90. The van der Waals surface area contributed by atoms with Crippen molar-refractivity contribution in [1.82, 2.24) is 14.5 Å². The molecule has 0 amide bonds. The van der Waals surface area contributed by atoms with Gasteiger partial charge in [-0.2, -0.15) is 0 Å². The monoisotopic (exact) mass is 254 g/mol. The van der Waals surface area contributed by atoms with Crippen molar-refractivity contribution < 1.29 is 4.39 Å². The molecule has 0 aliphatic carbocycles. The molecule has 0 aliphatic heterocycles. The maximum absolute atomic E-state index is 13.3. The first-order chi connectivity index (χ1) is 9.24. The van der Waals surface area contributed by atoms with Crippen molar-refractivity contribution in [2.75, 3.05) is 5.73 Å². The van der Waals surface area contributed by atoms with Gasteiger partial charge >= 0.3 is 0 Å². The van der Waals surface area contributed by atoms with Crippen molar-refractivity contribution in [1.29, 1.82) is 0 Å². The van der Waals surface area contributed by atoms with Gasteiger partial charge in [0.1, 0.15) is 11.6 Å². The lowest BCUT2D eigenvalue weighted by atomic mass is 10.1. The van der Waals surface area contributed by atoms with Crippen molar-refractivity contribution in [3.8, 4) is 16.9 Å². The normalized spacial score (nSPS) is 10.6. The zero-order valence-electron chi connectivity index (χ0n) is 9.99. The summed E-state index contributed by atoms with van der Waals surface area (Å²) < 4.78 is 15.1. The molecule has 0 saturated carbocycles. The van der Waals surface area contributed by atoms with Gasteiger partial charge in [0.25, 0.3) is 0 Å². The first-order valence-electron chi connectivity index (χ1n) is 5.74. The van der Waals surface area contributed by atoms with Crippen LogP contribution in [0.3, 0.4) is 0 Å². The Kier molecular flexibility index (Phi) is 2.72. The van der Waals surface area contributed by atoms with Gasteiger partial charge in [0.05, 0.1) is 30.1 Å². The standard InChI is InChI=1S/C14H11FN4/c15-11-3-1-2-10(6-11)13-8-17-9-19(13)12-4-5-14(16)18-7-12/h1-9H,(H2,16,18). The highest BCUT2D eigenvalue weighted by Crippen LogP contribution is 2.23. The molecule has 0 saturated heterocycles. The van der Waals surface area contributed by atoms with E-state index < -0.39 is 0 Å². The van der Waals surface area contributed by atoms with Crippen LogP contribution in [0.2, 0.25) is 0 Å². The summed E-state index contributed by atoms with van der Waals surface area (Å²) in [6, 6.07) is 9.94. The third-order valence-electron chi connectivity index (χ3n) is 2.81. The smallest absolute Gasteiger partial charge is 0.123 e. The van der Waals surface area contributed by atoms with E-state index >= 15 is 0 Å². The number of aromatic nitrogens is 3. The van der Waals surface area contributed by atoms with E-state index in [1.807, 2.05) is 16.7 Å². The number of rotatable bonds is 2. The number of pyridine rings is 1. The maximum atomic E-state index is 13.3. The summed E-state index contributed by atoms with van der Waals surface area (Å²) in [5.74, 6) is 0.178. The molecule has 2 aromatic heterocycles. The number of nitrogen functional groups attached to an aromatic ring is 1. The van der Waals surface area contributed by atoms with Crippen molar-refractivity contribution in [2.24, 2.45) is 0 Å². The van der Waals surface area contributed by atoms with Gasteiger partial charge in [-0.15, -0.1) is 0 Å². The highest BCUT2D eigenvalue weighted by atomic mass is 19.1. The summed E-state index contributed by atoms with van der Waals surface area (Å²) in [6.07, 6.45) is 5.00. The molecule has 0 atom stereocenters. The van der Waals surface area contributed by atoms with Crippen LogP contribution >= 0.6 is 0 Å². The molecule has 0 radical (unpaired) electrons. The first-order valence-corrected chi connectivity index (χ1v) is 5.74. The Labute approximate surface area is 109 Å². The fraction of sp³-hybridized carbons (Fsp3) is 0. The Morgan fingerprint density at radius 2 is 2.00 bits per heavy atom. The highest BCUT2D eigenvalue weighted by molar-refractivity contribution is 5.61. The minimum absolute atomic E-state index is 0.277. The predicted molar refractivity (Wildman–Crippen MR) is 71.2 cm³/mol. The highest BCUT2D eigenvalue weighted by Gasteiger charge is 2.07. The van der Waals surface area contributed by atoms with E-state index in [4.69, 9.17) is 5.73 Å². The van der Waals surface area contributed by atoms with Gasteiger partial charge in [-0.1, -0.05) is 12.1 Å². The van der Waals surface area contributed by atoms with E-state index in [-0.39, 0.29) is 5.82 Å². The molecule has 0 bridgehead atoms. The second-order valence-electron chi connectivity index (χ2n) is 4.10. The summed E-state index contributed by atoms with van der Waals surface area (Å²) in [5.41, 5.74) is 7.94. The van der Waals surface area contributed by atoms with Gasteiger partial charge in [0, 0.05) is 5.56 Å². The molecule has 2 N–H and O–H groups in total. The van der Waals surface area contributed by atoms with Crippen molar-refractivity contribution >= 4 is 5.82 Å². The summed E-state index contributed by atoms with van der Waals surface area (Å²) in [7, 11) is 0. The topological polar surface area (TPSA) is 56.7 Å². The van der Waals surface area contributed by atoms with Crippen LogP contribution in [0.25, 0.3) is 16.9 Å². The minimum Gasteiger partial charge on any atom is -0.384 e. The summed E-state index contributed by atoms with van der Waals surface area (Å²) in [5, 5.41) is 0. The first kappa shape index (κ1) is 11.4. The van der Waals surface area contributed by atoms with E-state index in [0.29, 0.717) is 5.82 Å². The second kappa shape index (κ2) is 4.53. The SMILES string of the molecule is Nc1ccc(-n2cncc2-c2cccc(F)c2)cn1. The van der Waals surface area contributed by atoms with Crippen LogP contribution in [0.4, 0.5) is 10.2 Å². The van der Waals surface area contributed by atoms with Crippen LogP contribution in [0.15, 0.2) is 55.1 Å². The van der Waals surface area contributed by atoms with Crippen LogP contribution < -0.4 is 5.73 Å². The third kappa shape index (κ3) is 2.18. The van der Waals surface area contributed by atoms with Gasteiger partial charge in [0.2, 0.25) is 0 Å². The molecule has 5 heteroatoms. The summed E-state index contributed by atoms with van der Waals surface area (Å²) in [6.45, 7) is 0. The number of anilines is 1. The Morgan fingerprint density at radius 1 is 1.11 bits per heavy atom. The number of imidazole rings is 1. The molecule has 3 rings (SSSR count). The number of benzene rings is 1. The fourth-order valence-electron chi connectivity index (χ4n) is 1.90. The van der Waals surface area contributed by atoms with E-state index in [2.05, 4.69) is 9.97 Å². The molecule has 19 heavy (non-hydrogen) atoms. The molecule has 0 unspecified atom stereocenters. The number of hydrogen-bond donors (Lipinski definition) is 1. The zero-order valence-corrected chi connectivity index (χ0v) is 9.99. The average Bonchev–Trinajstić information content (AvgIpc) is 2.89. The lowest BCUT2D eigenvalue weighted by Crippen LogP contribution is -1.97. The van der Waals surface area contributed by atoms with Gasteiger partial charge < -0.3 is 5.73 Å². The van der Waals surface area contributed by atoms with Crippen molar-refractivity contribution in [2.45, 2.75) is 0 Å². The molecule has 94 valence electrons. The predicted octanol–water partition coefficient (Wildman–Crippen LogP) is 2.66. The Hall–Kier alpha value is -2.69. The molecule has 0 fully saturated rings. The Bertz CT molecular complexity index is 703.